The number of imidazole rings is 1. The molecule has 3 nitrogen and oxygen atoms in total. The Balaban J connectivity index is 2.30. The molecular weight excluding hydrogens is 279 g/mol. The fourth-order valence-electron chi connectivity index (χ4n) is 1.09. The maximum Gasteiger partial charge on any atom is 0.302 e. The third kappa shape index (κ3) is 2.16. The molecule has 0 aliphatic heterocycles. The Morgan fingerprint density at radius 1 is 1.40 bits per heavy atom. The minimum atomic E-state index is 0.465. The van der Waals surface area contributed by atoms with Gasteiger partial charge < -0.3 is 4.74 Å². The maximum absolute atomic E-state index is 5.84. The molecule has 15 heavy (non-hydrogen) atoms. The predicted octanol–water partition coefficient (Wildman–Crippen LogP) is 3.63. The minimum Gasteiger partial charge on any atom is -0.424 e. The monoisotopic (exact) mass is 286 g/mol. The summed E-state index contributed by atoms with van der Waals surface area (Å²) in [6, 6.07) is 8.03. The normalized spacial score (nSPS) is 10.3. The lowest BCUT2D eigenvalue weighted by atomic mass is 10.3. The van der Waals surface area contributed by atoms with Crippen molar-refractivity contribution >= 4 is 27.5 Å². The van der Waals surface area contributed by atoms with Gasteiger partial charge in [-0.05, 0) is 28.1 Å². The Hall–Kier alpha value is -1.000. The molecular formula is C10H8BrClN2O. The van der Waals surface area contributed by atoms with Gasteiger partial charge in [0.2, 0.25) is 0 Å². The zero-order valence-corrected chi connectivity index (χ0v) is 10.3. The largest absolute Gasteiger partial charge is 0.424 e. The minimum absolute atomic E-state index is 0.465. The second-order valence-electron chi connectivity index (χ2n) is 2.95. The summed E-state index contributed by atoms with van der Waals surface area (Å²) >= 11 is 9.23. The van der Waals surface area contributed by atoms with Crippen LogP contribution in [0.5, 0.6) is 11.8 Å². The Kier molecular flexibility index (Phi) is 2.98. The van der Waals surface area contributed by atoms with Crippen LogP contribution in [0.3, 0.4) is 0 Å². The third-order valence-corrected chi connectivity index (χ3v) is 2.93. The number of nitrogens with zero attached hydrogens (tertiary/aromatic N) is 2. The van der Waals surface area contributed by atoms with E-state index in [-0.39, 0.29) is 0 Å². The number of benzene rings is 1. The topological polar surface area (TPSA) is 27.1 Å². The van der Waals surface area contributed by atoms with Crippen molar-refractivity contribution in [3.63, 3.8) is 0 Å². The summed E-state index contributed by atoms with van der Waals surface area (Å²) in [7, 11) is 1.79. The van der Waals surface area contributed by atoms with E-state index < -0.39 is 0 Å². The highest BCUT2D eigenvalue weighted by Gasteiger charge is 2.08. The SMILES string of the molecule is Cn1c(Cl)cnc1Oc1ccccc1Br. The Bertz CT molecular complexity index is 484. The molecule has 0 spiro atoms. The predicted molar refractivity (Wildman–Crippen MR) is 62.4 cm³/mol. The summed E-state index contributed by atoms with van der Waals surface area (Å²) in [5.41, 5.74) is 0. The lowest BCUT2D eigenvalue weighted by molar-refractivity contribution is 0.422. The van der Waals surface area contributed by atoms with Crippen LogP contribution < -0.4 is 4.74 Å². The van der Waals surface area contributed by atoms with E-state index in [1.165, 1.54) is 0 Å². The first-order valence-corrected chi connectivity index (χ1v) is 5.45. The van der Waals surface area contributed by atoms with E-state index in [2.05, 4.69) is 20.9 Å². The molecule has 0 fully saturated rings. The third-order valence-electron chi connectivity index (χ3n) is 1.93. The molecule has 0 radical (unpaired) electrons. The number of hydrogen-bond donors (Lipinski definition) is 0. The van der Waals surface area contributed by atoms with Gasteiger partial charge in [-0.25, -0.2) is 4.98 Å². The summed E-state index contributed by atoms with van der Waals surface area (Å²) in [6.45, 7) is 0. The highest BCUT2D eigenvalue weighted by atomic mass is 79.9. The average molecular weight is 288 g/mol. The molecule has 5 heteroatoms. The van der Waals surface area contributed by atoms with Crippen molar-refractivity contribution in [3.8, 4) is 11.8 Å². The first-order valence-electron chi connectivity index (χ1n) is 4.28. The molecule has 0 N–H and O–H groups in total. The molecule has 0 aliphatic rings. The van der Waals surface area contributed by atoms with Gasteiger partial charge in [-0.15, -0.1) is 0 Å². The van der Waals surface area contributed by atoms with Crippen LogP contribution in [0.4, 0.5) is 0 Å². The summed E-state index contributed by atoms with van der Waals surface area (Å²) in [5, 5.41) is 0.539. The first kappa shape index (κ1) is 10.5. The number of aromatic nitrogens is 2. The molecule has 1 heterocycles. The van der Waals surface area contributed by atoms with Crippen molar-refractivity contribution < 1.29 is 4.74 Å². The summed E-state index contributed by atoms with van der Waals surface area (Å²) in [6.07, 6.45) is 1.55. The highest BCUT2D eigenvalue weighted by molar-refractivity contribution is 9.10. The van der Waals surface area contributed by atoms with Gasteiger partial charge in [-0.1, -0.05) is 23.7 Å². The van der Waals surface area contributed by atoms with E-state index in [4.69, 9.17) is 16.3 Å². The molecule has 0 amide bonds. The van der Waals surface area contributed by atoms with Gasteiger partial charge in [0.25, 0.3) is 0 Å². The van der Waals surface area contributed by atoms with Crippen LogP contribution in [0, 0.1) is 0 Å². The molecule has 1 aromatic heterocycles. The molecule has 0 bridgehead atoms. The van der Waals surface area contributed by atoms with E-state index in [1.807, 2.05) is 24.3 Å². The van der Waals surface area contributed by atoms with Gasteiger partial charge >= 0.3 is 6.01 Å². The molecule has 0 atom stereocenters. The second-order valence-corrected chi connectivity index (χ2v) is 4.20. The van der Waals surface area contributed by atoms with Crippen LogP contribution in [-0.2, 0) is 7.05 Å². The Morgan fingerprint density at radius 3 is 2.73 bits per heavy atom. The van der Waals surface area contributed by atoms with Gasteiger partial charge in [0.15, 0.2) is 0 Å². The lowest BCUT2D eigenvalue weighted by Gasteiger charge is -2.06. The van der Waals surface area contributed by atoms with Crippen molar-refractivity contribution in [3.05, 3.63) is 40.1 Å². The van der Waals surface area contributed by atoms with Crippen LogP contribution >= 0.6 is 27.5 Å². The van der Waals surface area contributed by atoms with Crippen molar-refractivity contribution in [2.75, 3.05) is 0 Å². The van der Waals surface area contributed by atoms with E-state index in [1.54, 1.807) is 17.8 Å². The molecule has 1 aromatic carbocycles. The number of rotatable bonds is 2. The summed E-state index contributed by atoms with van der Waals surface area (Å²) in [5.74, 6) is 0.711. The van der Waals surface area contributed by atoms with Crippen molar-refractivity contribution in [2.24, 2.45) is 7.05 Å². The summed E-state index contributed by atoms with van der Waals surface area (Å²) in [4.78, 5) is 4.04. The van der Waals surface area contributed by atoms with Crippen LogP contribution in [0.2, 0.25) is 5.15 Å². The standard InChI is InChI=1S/C10H8BrClN2O/c1-14-9(12)6-13-10(14)15-8-5-3-2-4-7(8)11/h2-6H,1H3. The molecule has 0 saturated carbocycles. The first-order chi connectivity index (χ1) is 7.18. The fourth-order valence-corrected chi connectivity index (χ4v) is 1.58. The number of ether oxygens (including phenoxy) is 1. The maximum atomic E-state index is 5.84. The van der Waals surface area contributed by atoms with Crippen LogP contribution in [0.15, 0.2) is 34.9 Å². The quantitative estimate of drug-likeness (QED) is 0.843. The van der Waals surface area contributed by atoms with E-state index in [9.17, 15) is 0 Å². The molecule has 78 valence electrons. The van der Waals surface area contributed by atoms with Crippen LogP contribution in [0.1, 0.15) is 0 Å². The van der Waals surface area contributed by atoms with Gasteiger partial charge in [-0.3, -0.25) is 4.57 Å². The van der Waals surface area contributed by atoms with Crippen LogP contribution in [0.25, 0.3) is 0 Å². The molecule has 2 aromatic rings. The van der Waals surface area contributed by atoms with Crippen LogP contribution in [-0.4, -0.2) is 9.55 Å². The molecule has 0 unspecified atom stereocenters. The van der Waals surface area contributed by atoms with E-state index in [0.29, 0.717) is 16.9 Å². The van der Waals surface area contributed by atoms with Gasteiger partial charge in [0.05, 0.1) is 10.7 Å². The smallest absolute Gasteiger partial charge is 0.302 e. The van der Waals surface area contributed by atoms with Crippen molar-refractivity contribution in [2.45, 2.75) is 0 Å². The Morgan fingerprint density at radius 2 is 2.13 bits per heavy atom. The number of hydrogen-bond acceptors (Lipinski definition) is 2. The van der Waals surface area contributed by atoms with Crippen molar-refractivity contribution in [1.29, 1.82) is 0 Å². The second kappa shape index (κ2) is 4.24. The van der Waals surface area contributed by atoms with Gasteiger partial charge in [-0.2, -0.15) is 0 Å². The molecule has 0 aliphatic carbocycles. The van der Waals surface area contributed by atoms with E-state index >= 15 is 0 Å². The van der Waals surface area contributed by atoms with Gasteiger partial charge in [0, 0.05) is 7.05 Å². The highest BCUT2D eigenvalue weighted by Crippen LogP contribution is 2.29. The average Bonchev–Trinajstić information content (AvgIpc) is 2.53. The molecule has 0 saturated heterocycles. The van der Waals surface area contributed by atoms with Gasteiger partial charge in [0.1, 0.15) is 10.9 Å². The molecule has 2 rings (SSSR count). The fraction of sp³-hybridized carbons (Fsp3) is 0.100. The number of halogens is 2. The van der Waals surface area contributed by atoms with Crippen molar-refractivity contribution in [1.82, 2.24) is 9.55 Å². The summed E-state index contributed by atoms with van der Waals surface area (Å²) < 4.78 is 8.13. The van der Waals surface area contributed by atoms with E-state index in [0.717, 1.165) is 4.47 Å². The zero-order chi connectivity index (χ0) is 10.8. The lowest BCUT2D eigenvalue weighted by Crippen LogP contribution is -1.94. The Labute approximate surface area is 101 Å². The number of para-hydroxylation sites is 1. The zero-order valence-electron chi connectivity index (χ0n) is 7.95.